The largest absolute Gasteiger partial charge is 0.488 e. The highest BCUT2D eigenvalue weighted by Gasteiger charge is 2.25. The highest BCUT2D eigenvalue weighted by Crippen LogP contribution is 2.39. The molecule has 4 rings (SSSR count). The number of nitrogens with two attached hydrogens (primary N) is 1. The summed E-state index contributed by atoms with van der Waals surface area (Å²) in [6.07, 6.45) is 3.05. The minimum absolute atomic E-state index is 0.0758. The van der Waals surface area contributed by atoms with E-state index < -0.39 is 0 Å². The first-order chi connectivity index (χ1) is 11.7. The van der Waals surface area contributed by atoms with E-state index in [0.29, 0.717) is 6.54 Å². The maximum absolute atomic E-state index is 6.06. The van der Waals surface area contributed by atoms with Crippen LogP contribution in [0.5, 0.6) is 5.75 Å². The number of nitrogens with zero attached hydrogens (tertiary/aromatic N) is 1. The molecule has 1 aliphatic rings. The van der Waals surface area contributed by atoms with E-state index in [1.165, 1.54) is 21.4 Å². The number of pyridine rings is 1. The van der Waals surface area contributed by atoms with Gasteiger partial charge >= 0.3 is 0 Å². The van der Waals surface area contributed by atoms with Gasteiger partial charge in [-0.25, -0.2) is 4.98 Å². The Hall–Kier alpha value is -2.04. The van der Waals surface area contributed by atoms with Gasteiger partial charge < -0.3 is 10.5 Å². The zero-order chi connectivity index (χ0) is 16.7. The molecule has 0 spiro atoms. The predicted octanol–water partition coefficient (Wildman–Crippen LogP) is 4.19. The van der Waals surface area contributed by atoms with Gasteiger partial charge in [-0.15, -0.1) is 11.8 Å². The Labute approximate surface area is 146 Å². The molecular weight excluding hydrogens is 316 g/mol. The van der Waals surface area contributed by atoms with Crippen molar-refractivity contribution in [1.82, 2.24) is 4.98 Å². The Morgan fingerprint density at radius 1 is 1.25 bits per heavy atom. The van der Waals surface area contributed by atoms with E-state index in [-0.39, 0.29) is 6.10 Å². The van der Waals surface area contributed by atoms with Crippen molar-refractivity contribution in [1.29, 1.82) is 0 Å². The van der Waals surface area contributed by atoms with E-state index in [1.54, 1.807) is 11.8 Å². The van der Waals surface area contributed by atoms with Gasteiger partial charge in [0.2, 0.25) is 0 Å². The Morgan fingerprint density at radius 2 is 2.12 bits per heavy atom. The molecule has 0 radical (unpaired) electrons. The summed E-state index contributed by atoms with van der Waals surface area (Å²) in [5.74, 6) is 0.944. The van der Waals surface area contributed by atoms with Crippen LogP contribution in [0.3, 0.4) is 0 Å². The molecule has 2 aromatic carbocycles. The van der Waals surface area contributed by atoms with Crippen LogP contribution in [0.2, 0.25) is 0 Å². The fraction of sp³-hybridized carbons (Fsp3) is 0.250. The first-order valence-corrected chi connectivity index (χ1v) is 9.36. The highest BCUT2D eigenvalue weighted by molar-refractivity contribution is 7.98. The smallest absolute Gasteiger partial charge is 0.132 e. The first kappa shape index (κ1) is 15.5. The number of hydrogen-bond donors (Lipinski definition) is 1. The molecule has 0 saturated heterocycles. The molecule has 0 saturated carbocycles. The summed E-state index contributed by atoms with van der Waals surface area (Å²) in [5.41, 5.74) is 11.3. The number of ether oxygens (including phenoxy) is 1. The minimum Gasteiger partial charge on any atom is -0.488 e. The van der Waals surface area contributed by atoms with E-state index in [4.69, 9.17) is 15.5 Å². The van der Waals surface area contributed by atoms with Crippen LogP contribution in [0.25, 0.3) is 22.2 Å². The lowest BCUT2D eigenvalue weighted by Crippen LogP contribution is -2.24. The third-order valence-corrected chi connectivity index (χ3v) is 5.32. The Kier molecular flexibility index (Phi) is 3.94. The van der Waals surface area contributed by atoms with E-state index in [0.717, 1.165) is 28.9 Å². The van der Waals surface area contributed by atoms with Crippen molar-refractivity contribution in [2.45, 2.75) is 24.3 Å². The van der Waals surface area contributed by atoms with Crippen molar-refractivity contribution in [3.8, 4) is 17.0 Å². The normalized spacial score (nSPS) is 16.2. The van der Waals surface area contributed by atoms with Crippen LogP contribution in [0.1, 0.15) is 11.1 Å². The summed E-state index contributed by atoms with van der Waals surface area (Å²) in [6.45, 7) is 2.68. The Morgan fingerprint density at radius 3 is 2.92 bits per heavy atom. The molecule has 122 valence electrons. The molecule has 0 bridgehead atoms. The maximum Gasteiger partial charge on any atom is 0.132 e. The van der Waals surface area contributed by atoms with Gasteiger partial charge in [0, 0.05) is 28.8 Å². The fourth-order valence-electron chi connectivity index (χ4n) is 3.31. The van der Waals surface area contributed by atoms with Crippen LogP contribution in [0.4, 0.5) is 0 Å². The second-order valence-electron chi connectivity index (χ2n) is 6.18. The number of benzene rings is 2. The second-order valence-corrected chi connectivity index (χ2v) is 7.06. The number of thioether (sulfide) groups is 1. The quantitative estimate of drug-likeness (QED) is 0.729. The molecule has 2 N–H and O–H groups in total. The summed E-state index contributed by atoms with van der Waals surface area (Å²) in [5, 5.41) is 1.21. The average molecular weight is 336 g/mol. The number of hydrogen-bond acceptors (Lipinski definition) is 4. The van der Waals surface area contributed by atoms with Gasteiger partial charge in [0.15, 0.2) is 0 Å². The van der Waals surface area contributed by atoms with Crippen LogP contribution < -0.4 is 10.5 Å². The third kappa shape index (κ3) is 2.56. The van der Waals surface area contributed by atoms with E-state index >= 15 is 0 Å². The van der Waals surface area contributed by atoms with Crippen LogP contribution in [-0.4, -0.2) is 23.9 Å². The molecule has 0 aliphatic carbocycles. The number of para-hydroxylation sites is 1. The van der Waals surface area contributed by atoms with Gasteiger partial charge in [-0.2, -0.15) is 0 Å². The highest BCUT2D eigenvalue weighted by atomic mass is 32.2. The lowest BCUT2D eigenvalue weighted by Gasteiger charge is -2.12. The van der Waals surface area contributed by atoms with Gasteiger partial charge in [0.1, 0.15) is 11.9 Å². The average Bonchev–Trinajstić information content (AvgIpc) is 3.04. The van der Waals surface area contributed by atoms with Crippen LogP contribution in [0.15, 0.2) is 47.4 Å². The lowest BCUT2D eigenvalue weighted by molar-refractivity contribution is 0.242. The Bertz CT molecular complexity index is 923. The lowest BCUT2D eigenvalue weighted by atomic mass is 10.0. The van der Waals surface area contributed by atoms with Crippen LogP contribution in [0, 0.1) is 6.92 Å². The number of aromatic nitrogens is 1. The van der Waals surface area contributed by atoms with Gasteiger partial charge in [-0.3, -0.25) is 0 Å². The minimum atomic E-state index is 0.0758. The van der Waals surface area contributed by atoms with Gasteiger partial charge in [-0.05, 0) is 54.6 Å². The summed E-state index contributed by atoms with van der Waals surface area (Å²) in [4.78, 5) is 6.15. The fourth-order valence-corrected chi connectivity index (χ4v) is 3.75. The zero-order valence-electron chi connectivity index (χ0n) is 13.9. The molecule has 4 heteroatoms. The molecular formula is C20H20N2OS. The van der Waals surface area contributed by atoms with Crippen molar-refractivity contribution in [3.05, 3.63) is 53.6 Å². The zero-order valence-corrected chi connectivity index (χ0v) is 14.7. The summed E-state index contributed by atoms with van der Waals surface area (Å²) in [7, 11) is 0. The molecule has 2 heterocycles. The van der Waals surface area contributed by atoms with Crippen molar-refractivity contribution >= 4 is 22.7 Å². The van der Waals surface area contributed by atoms with E-state index in [1.807, 2.05) is 0 Å². The molecule has 3 nitrogen and oxygen atoms in total. The molecule has 1 aliphatic heterocycles. The van der Waals surface area contributed by atoms with Crippen LogP contribution >= 0.6 is 11.8 Å². The molecule has 0 amide bonds. The number of rotatable bonds is 3. The SMILES string of the molecule is CSc1ccc2nc(-c3cccc4c3OC(CN)C4)cc(C)c2c1. The van der Waals surface area contributed by atoms with Gasteiger partial charge in [-0.1, -0.05) is 12.1 Å². The van der Waals surface area contributed by atoms with Gasteiger partial charge in [0.25, 0.3) is 0 Å². The summed E-state index contributed by atoms with van der Waals surface area (Å²) >= 11 is 1.75. The topological polar surface area (TPSA) is 48.1 Å². The monoisotopic (exact) mass is 336 g/mol. The van der Waals surface area contributed by atoms with Crippen LogP contribution in [-0.2, 0) is 6.42 Å². The summed E-state index contributed by atoms with van der Waals surface area (Å²) in [6, 6.07) is 14.9. The van der Waals surface area contributed by atoms with Gasteiger partial charge in [0.05, 0.1) is 11.2 Å². The van der Waals surface area contributed by atoms with Crippen molar-refractivity contribution in [2.75, 3.05) is 12.8 Å². The summed E-state index contributed by atoms with van der Waals surface area (Å²) < 4.78 is 6.06. The molecule has 1 unspecified atom stereocenters. The molecule has 24 heavy (non-hydrogen) atoms. The predicted molar refractivity (Wildman–Crippen MR) is 101 cm³/mol. The molecule has 3 aromatic rings. The standard InChI is InChI=1S/C20H20N2OS/c1-12-8-19(22-18-7-6-15(24-2)10-17(12)18)16-5-3-4-13-9-14(11-21)23-20(13)16/h3-8,10,14H,9,11,21H2,1-2H3. The van der Waals surface area contributed by atoms with Crippen molar-refractivity contribution in [3.63, 3.8) is 0 Å². The molecule has 1 aromatic heterocycles. The van der Waals surface area contributed by atoms with E-state index in [9.17, 15) is 0 Å². The maximum atomic E-state index is 6.06. The van der Waals surface area contributed by atoms with Crippen molar-refractivity contribution < 1.29 is 4.74 Å². The van der Waals surface area contributed by atoms with Crippen molar-refractivity contribution in [2.24, 2.45) is 5.73 Å². The number of aryl methyl sites for hydroxylation is 1. The third-order valence-electron chi connectivity index (χ3n) is 4.59. The number of fused-ring (bicyclic) bond motifs is 2. The second kappa shape index (κ2) is 6.11. The molecule has 1 atom stereocenters. The molecule has 0 fully saturated rings. The Balaban J connectivity index is 1.86. The first-order valence-electron chi connectivity index (χ1n) is 8.14. The van der Waals surface area contributed by atoms with E-state index in [2.05, 4.69) is 55.6 Å².